The molecule has 8 heteroatoms. The van der Waals surface area contributed by atoms with Crippen molar-refractivity contribution >= 4 is 28.9 Å². The average Bonchev–Trinajstić information content (AvgIpc) is 2.90. The fourth-order valence-corrected chi connectivity index (χ4v) is 2.64. The first-order valence-corrected chi connectivity index (χ1v) is 6.31. The number of hydrogen-bond acceptors (Lipinski definition) is 5. The van der Waals surface area contributed by atoms with Crippen LogP contribution in [-0.2, 0) is 0 Å². The van der Waals surface area contributed by atoms with Gasteiger partial charge in [0.2, 0.25) is 0 Å². The molecule has 0 unspecified atom stereocenters. The van der Waals surface area contributed by atoms with E-state index in [2.05, 4.69) is 19.9 Å². The largest absolute Gasteiger partial charge is 0.478 e. The van der Waals surface area contributed by atoms with Gasteiger partial charge in [-0.3, -0.25) is 0 Å². The van der Waals surface area contributed by atoms with E-state index in [9.17, 15) is 9.18 Å². The van der Waals surface area contributed by atoms with Crippen LogP contribution >= 0.6 is 11.8 Å². The van der Waals surface area contributed by atoms with Crippen LogP contribution < -0.4 is 0 Å². The molecule has 20 heavy (non-hydrogen) atoms. The number of hydrogen-bond donors (Lipinski definition) is 2. The van der Waals surface area contributed by atoms with E-state index in [1.54, 1.807) is 0 Å². The number of carboxylic acid groups (broad SMARTS) is 1. The van der Waals surface area contributed by atoms with Gasteiger partial charge < -0.3 is 10.1 Å². The van der Waals surface area contributed by atoms with Gasteiger partial charge in [0.15, 0.2) is 5.65 Å². The zero-order valence-electron chi connectivity index (χ0n) is 9.87. The molecule has 0 atom stereocenters. The summed E-state index contributed by atoms with van der Waals surface area (Å²) < 4.78 is 13.1. The van der Waals surface area contributed by atoms with Gasteiger partial charge in [0.25, 0.3) is 0 Å². The van der Waals surface area contributed by atoms with Crippen molar-refractivity contribution < 1.29 is 14.3 Å². The lowest BCUT2D eigenvalue weighted by Gasteiger charge is -2.05. The molecule has 0 fully saturated rings. The number of imidazole rings is 1. The van der Waals surface area contributed by atoms with Gasteiger partial charge in [-0.1, -0.05) is 11.8 Å². The highest BCUT2D eigenvalue weighted by molar-refractivity contribution is 7.99. The summed E-state index contributed by atoms with van der Waals surface area (Å²) in [6.07, 6.45) is 2.82. The molecule has 0 amide bonds. The van der Waals surface area contributed by atoms with E-state index < -0.39 is 11.8 Å². The van der Waals surface area contributed by atoms with Gasteiger partial charge in [-0.25, -0.2) is 24.1 Å². The molecule has 0 radical (unpaired) electrons. The van der Waals surface area contributed by atoms with Crippen LogP contribution in [-0.4, -0.2) is 31.0 Å². The molecule has 2 N–H and O–H groups in total. The fourth-order valence-electron chi connectivity index (χ4n) is 1.68. The predicted molar refractivity (Wildman–Crippen MR) is 69.2 cm³/mol. The van der Waals surface area contributed by atoms with Gasteiger partial charge in [0.1, 0.15) is 22.7 Å². The van der Waals surface area contributed by atoms with E-state index in [1.165, 1.54) is 24.8 Å². The fraction of sp³-hybridized carbons (Fsp3) is 0. The Bertz CT molecular complexity index is 805. The third-order valence-corrected chi connectivity index (χ3v) is 3.65. The van der Waals surface area contributed by atoms with Gasteiger partial charge in [-0.2, -0.15) is 0 Å². The molecule has 0 aliphatic carbocycles. The van der Waals surface area contributed by atoms with Crippen molar-refractivity contribution in [3.05, 3.63) is 42.2 Å². The van der Waals surface area contributed by atoms with Gasteiger partial charge in [-0.15, -0.1) is 0 Å². The predicted octanol–water partition coefficient (Wildman–Crippen LogP) is 2.34. The molecule has 3 aromatic rings. The highest BCUT2D eigenvalue weighted by Gasteiger charge is 2.15. The molecule has 100 valence electrons. The van der Waals surface area contributed by atoms with E-state index in [-0.39, 0.29) is 5.56 Å². The van der Waals surface area contributed by atoms with Gasteiger partial charge in [0.05, 0.1) is 11.9 Å². The van der Waals surface area contributed by atoms with Gasteiger partial charge in [0, 0.05) is 4.90 Å². The van der Waals surface area contributed by atoms with E-state index in [0.717, 1.165) is 17.8 Å². The molecule has 3 rings (SSSR count). The number of carboxylic acids is 1. The first kappa shape index (κ1) is 12.5. The summed E-state index contributed by atoms with van der Waals surface area (Å²) in [7, 11) is 0. The molecule has 0 aliphatic heterocycles. The highest BCUT2D eigenvalue weighted by atomic mass is 32.2. The minimum Gasteiger partial charge on any atom is -0.478 e. The first-order chi connectivity index (χ1) is 9.65. The summed E-state index contributed by atoms with van der Waals surface area (Å²) in [6, 6.07) is 3.60. The molecule has 6 nitrogen and oxygen atoms in total. The molecular weight excluding hydrogens is 283 g/mol. The zero-order valence-corrected chi connectivity index (χ0v) is 10.7. The molecule has 0 bridgehead atoms. The Balaban J connectivity index is 2.07. The van der Waals surface area contributed by atoms with E-state index in [1.807, 2.05) is 0 Å². The van der Waals surface area contributed by atoms with Crippen LogP contribution in [0.3, 0.4) is 0 Å². The Kier molecular flexibility index (Phi) is 3.07. The number of fused-ring (bicyclic) bond motifs is 1. The summed E-state index contributed by atoms with van der Waals surface area (Å²) in [5.74, 6) is -1.79. The standard InChI is InChI=1S/C12H7FN4O2S/c13-6-1-2-8(7(3-6)12(18)19)20-11-9-10(15-4-14-9)16-5-17-11/h1-5H,(H,18,19)(H,14,15,16,17). The van der Waals surface area contributed by atoms with Crippen molar-refractivity contribution in [1.29, 1.82) is 0 Å². The Morgan fingerprint density at radius 1 is 1.30 bits per heavy atom. The average molecular weight is 290 g/mol. The van der Waals surface area contributed by atoms with E-state index in [4.69, 9.17) is 5.11 Å². The maximum absolute atomic E-state index is 13.1. The lowest BCUT2D eigenvalue weighted by molar-refractivity contribution is 0.0692. The number of halogens is 1. The number of carbonyl (C=O) groups is 1. The van der Waals surface area contributed by atoms with Crippen molar-refractivity contribution in [3.63, 3.8) is 0 Å². The lowest BCUT2D eigenvalue weighted by atomic mass is 10.2. The number of nitrogens with zero attached hydrogens (tertiary/aromatic N) is 3. The van der Waals surface area contributed by atoms with E-state index >= 15 is 0 Å². The van der Waals surface area contributed by atoms with Gasteiger partial charge >= 0.3 is 5.97 Å². The van der Waals surface area contributed by atoms with Crippen molar-refractivity contribution in [1.82, 2.24) is 19.9 Å². The summed E-state index contributed by atoms with van der Waals surface area (Å²) in [5, 5.41) is 9.64. The summed E-state index contributed by atoms with van der Waals surface area (Å²) in [6.45, 7) is 0. The number of aromatic carboxylic acids is 1. The molecule has 2 heterocycles. The molecular formula is C12H7FN4O2S. The molecule has 0 saturated carbocycles. The van der Waals surface area contributed by atoms with Crippen LogP contribution in [0.1, 0.15) is 10.4 Å². The minimum atomic E-state index is -1.19. The molecule has 1 aromatic carbocycles. The highest BCUT2D eigenvalue weighted by Crippen LogP contribution is 2.32. The van der Waals surface area contributed by atoms with E-state index in [0.29, 0.717) is 21.1 Å². The molecule has 0 spiro atoms. The van der Waals surface area contributed by atoms with Crippen molar-refractivity contribution in [2.45, 2.75) is 9.92 Å². The smallest absolute Gasteiger partial charge is 0.336 e. The number of nitrogens with one attached hydrogen (secondary N) is 1. The van der Waals surface area contributed by atoms with Crippen LogP contribution in [0.15, 0.2) is 40.8 Å². The Labute approximate surface area is 116 Å². The topological polar surface area (TPSA) is 91.8 Å². The van der Waals surface area contributed by atoms with Crippen molar-refractivity contribution in [2.75, 3.05) is 0 Å². The number of aromatic nitrogens is 4. The van der Waals surface area contributed by atoms with Crippen LogP contribution in [0.5, 0.6) is 0 Å². The number of benzene rings is 1. The Hall–Kier alpha value is -2.48. The maximum atomic E-state index is 13.1. The summed E-state index contributed by atoms with van der Waals surface area (Å²) >= 11 is 1.12. The second-order valence-electron chi connectivity index (χ2n) is 3.83. The monoisotopic (exact) mass is 290 g/mol. The minimum absolute atomic E-state index is 0.110. The molecule has 2 aromatic heterocycles. The summed E-state index contributed by atoms with van der Waals surface area (Å²) in [4.78, 5) is 26.5. The first-order valence-electron chi connectivity index (χ1n) is 5.50. The Morgan fingerprint density at radius 2 is 2.15 bits per heavy atom. The quantitative estimate of drug-likeness (QED) is 0.719. The third-order valence-electron chi connectivity index (χ3n) is 2.57. The van der Waals surface area contributed by atoms with Gasteiger partial charge in [-0.05, 0) is 18.2 Å². The van der Waals surface area contributed by atoms with Crippen LogP contribution in [0.2, 0.25) is 0 Å². The molecule has 0 aliphatic rings. The van der Waals surface area contributed by atoms with Crippen LogP contribution in [0.25, 0.3) is 11.2 Å². The lowest BCUT2D eigenvalue weighted by Crippen LogP contribution is -2.00. The summed E-state index contributed by atoms with van der Waals surface area (Å²) in [5.41, 5.74) is 0.987. The SMILES string of the molecule is O=C(O)c1cc(F)ccc1Sc1ncnc2nc[nH]c12. The Morgan fingerprint density at radius 3 is 2.95 bits per heavy atom. The van der Waals surface area contributed by atoms with Crippen molar-refractivity contribution in [3.8, 4) is 0 Å². The third kappa shape index (κ3) is 2.21. The molecule has 0 saturated heterocycles. The van der Waals surface area contributed by atoms with Crippen LogP contribution in [0, 0.1) is 5.82 Å². The number of rotatable bonds is 3. The maximum Gasteiger partial charge on any atom is 0.336 e. The zero-order chi connectivity index (χ0) is 14.1. The number of H-pyrrole nitrogens is 1. The number of aromatic amines is 1. The second-order valence-corrected chi connectivity index (χ2v) is 4.86. The normalized spacial score (nSPS) is 10.8. The van der Waals surface area contributed by atoms with Crippen molar-refractivity contribution in [2.24, 2.45) is 0 Å². The van der Waals surface area contributed by atoms with Crippen LogP contribution in [0.4, 0.5) is 4.39 Å². The second kappa shape index (κ2) is 4.89.